The second kappa shape index (κ2) is 5.04. The van der Waals surface area contributed by atoms with Crippen molar-refractivity contribution >= 4 is 7.60 Å². The van der Waals surface area contributed by atoms with Crippen LogP contribution in [-0.4, -0.2) is 20.6 Å². The third-order valence-electron chi connectivity index (χ3n) is 2.99. The van der Waals surface area contributed by atoms with Crippen LogP contribution in [0, 0.1) is 0 Å². The Bertz CT molecular complexity index is 470. The van der Waals surface area contributed by atoms with Gasteiger partial charge in [0.15, 0.2) is 0 Å². The number of phenols is 1. The monoisotopic (exact) mass is 272 g/mol. The van der Waals surface area contributed by atoms with Crippen LogP contribution in [0.4, 0.5) is 0 Å². The zero-order chi connectivity index (χ0) is 14.1. The topological polar surface area (TPSA) is 77.8 Å². The summed E-state index contributed by atoms with van der Waals surface area (Å²) in [5, 5.41) is 9.54. The highest BCUT2D eigenvalue weighted by Crippen LogP contribution is 2.43. The van der Waals surface area contributed by atoms with E-state index in [0.29, 0.717) is 6.42 Å². The van der Waals surface area contributed by atoms with Gasteiger partial charge in [-0.2, -0.15) is 0 Å². The van der Waals surface area contributed by atoms with E-state index in [1.807, 2.05) is 20.8 Å². The molecule has 102 valence electrons. The molecule has 0 aliphatic carbocycles. The van der Waals surface area contributed by atoms with Gasteiger partial charge in [-0.1, -0.05) is 33.8 Å². The number of aromatic hydroxyl groups is 1. The van der Waals surface area contributed by atoms with E-state index < -0.39 is 13.3 Å². The van der Waals surface area contributed by atoms with E-state index in [-0.39, 0.29) is 11.2 Å². The number of benzene rings is 1. The van der Waals surface area contributed by atoms with Gasteiger partial charge < -0.3 is 14.9 Å². The molecular weight excluding hydrogens is 251 g/mol. The predicted molar refractivity (Wildman–Crippen MR) is 72.0 cm³/mol. The zero-order valence-corrected chi connectivity index (χ0v) is 12.1. The van der Waals surface area contributed by atoms with E-state index in [9.17, 15) is 9.67 Å². The zero-order valence-electron chi connectivity index (χ0n) is 11.2. The van der Waals surface area contributed by atoms with Crippen LogP contribution in [0.2, 0.25) is 0 Å². The maximum atomic E-state index is 11.2. The van der Waals surface area contributed by atoms with Gasteiger partial charge in [0.2, 0.25) is 0 Å². The fourth-order valence-corrected chi connectivity index (χ4v) is 2.31. The van der Waals surface area contributed by atoms with Gasteiger partial charge in [0.25, 0.3) is 0 Å². The number of hydrogen-bond donors (Lipinski definition) is 3. The van der Waals surface area contributed by atoms with E-state index in [1.54, 1.807) is 25.1 Å². The largest absolute Gasteiger partial charge is 0.508 e. The minimum atomic E-state index is -4.07. The van der Waals surface area contributed by atoms with Gasteiger partial charge in [0.05, 0.1) is 5.66 Å². The first-order chi connectivity index (χ1) is 8.01. The summed E-state index contributed by atoms with van der Waals surface area (Å²) in [6.07, 6.45) is 0.303. The standard InChI is InChI=1S/C13H21O4P/c1-9(18(15,16)17)7-10-5-6-11(14)8-12(10)13(2,3)4/h5-6,8-9,14H,7H2,1-4H3,(H2,15,16,17). The van der Waals surface area contributed by atoms with Gasteiger partial charge in [-0.3, -0.25) is 4.57 Å². The minimum absolute atomic E-state index is 0.174. The summed E-state index contributed by atoms with van der Waals surface area (Å²) in [5.74, 6) is 0.174. The molecule has 0 saturated heterocycles. The van der Waals surface area contributed by atoms with Gasteiger partial charge in [0.1, 0.15) is 5.75 Å². The van der Waals surface area contributed by atoms with Crippen LogP contribution < -0.4 is 0 Å². The molecule has 1 aromatic carbocycles. The summed E-state index contributed by atoms with van der Waals surface area (Å²) >= 11 is 0. The second-order valence-electron chi connectivity index (χ2n) is 5.73. The summed E-state index contributed by atoms with van der Waals surface area (Å²) in [5.41, 5.74) is 0.893. The highest BCUT2D eigenvalue weighted by atomic mass is 31.2. The summed E-state index contributed by atoms with van der Waals surface area (Å²) in [4.78, 5) is 18.3. The van der Waals surface area contributed by atoms with Crippen LogP contribution in [0.15, 0.2) is 18.2 Å². The Morgan fingerprint density at radius 1 is 1.28 bits per heavy atom. The van der Waals surface area contributed by atoms with Gasteiger partial charge in [-0.25, -0.2) is 0 Å². The van der Waals surface area contributed by atoms with Crippen LogP contribution in [0.5, 0.6) is 5.75 Å². The van der Waals surface area contributed by atoms with Crippen molar-refractivity contribution in [2.45, 2.75) is 45.2 Å². The molecule has 4 nitrogen and oxygen atoms in total. The average molecular weight is 272 g/mol. The third-order valence-corrected chi connectivity index (χ3v) is 4.32. The highest BCUT2D eigenvalue weighted by Gasteiger charge is 2.27. The molecule has 0 fully saturated rings. The SMILES string of the molecule is CC(Cc1ccc(O)cc1C(C)(C)C)P(=O)(O)O. The van der Waals surface area contributed by atoms with E-state index in [1.165, 1.54) is 0 Å². The molecule has 5 heteroatoms. The lowest BCUT2D eigenvalue weighted by Crippen LogP contribution is -2.17. The lowest BCUT2D eigenvalue weighted by molar-refractivity contribution is 0.359. The molecule has 0 heterocycles. The Kier molecular flexibility index (Phi) is 4.26. The molecule has 1 unspecified atom stereocenters. The first-order valence-electron chi connectivity index (χ1n) is 5.89. The van der Waals surface area contributed by atoms with Gasteiger partial charge >= 0.3 is 7.60 Å². The lowest BCUT2D eigenvalue weighted by Gasteiger charge is -2.25. The van der Waals surface area contributed by atoms with E-state index >= 15 is 0 Å². The maximum Gasteiger partial charge on any atom is 0.328 e. The molecule has 1 rings (SSSR count). The van der Waals surface area contributed by atoms with Gasteiger partial charge in [-0.15, -0.1) is 0 Å². The summed E-state index contributed by atoms with van der Waals surface area (Å²) in [7, 11) is -4.07. The molecule has 0 saturated carbocycles. The Balaban J connectivity index is 3.14. The molecular formula is C13H21O4P. The first kappa shape index (κ1) is 15.2. The molecule has 1 atom stereocenters. The lowest BCUT2D eigenvalue weighted by atomic mass is 9.82. The Labute approximate surface area is 108 Å². The number of rotatable bonds is 3. The number of hydrogen-bond acceptors (Lipinski definition) is 2. The fourth-order valence-electron chi connectivity index (χ4n) is 1.88. The average Bonchev–Trinajstić information content (AvgIpc) is 2.17. The molecule has 3 N–H and O–H groups in total. The van der Waals surface area contributed by atoms with Gasteiger partial charge in [0, 0.05) is 0 Å². The highest BCUT2D eigenvalue weighted by molar-refractivity contribution is 7.52. The van der Waals surface area contributed by atoms with Crippen LogP contribution in [0.3, 0.4) is 0 Å². The Morgan fingerprint density at radius 2 is 1.83 bits per heavy atom. The summed E-state index contributed by atoms with van der Waals surface area (Å²) in [6.45, 7) is 7.56. The number of phenolic OH excluding ortho intramolecular Hbond substituents is 1. The normalized spacial score (nSPS) is 14.6. The molecule has 0 aromatic heterocycles. The van der Waals surface area contributed by atoms with Crippen molar-refractivity contribution in [3.63, 3.8) is 0 Å². The van der Waals surface area contributed by atoms with Crippen molar-refractivity contribution in [2.75, 3.05) is 0 Å². The Morgan fingerprint density at radius 3 is 2.28 bits per heavy atom. The van der Waals surface area contributed by atoms with E-state index in [0.717, 1.165) is 11.1 Å². The maximum absolute atomic E-state index is 11.2. The molecule has 1 aromatic rings. The van der Waals surface area contributed by atoms with Gasteiger partial charge in [-0.05, 0) is 35.1 Å². The Hall–Kier alpha value is -0.830. The molecule has 0 aliphatic heterocycles. The molecule has 18 heavy (non-hydrogen) atoms. The van der Waals surface area contributed by atoms with Crippen LogP contribution >= 0.6 is 7.60 Å². The first-order valence-corrected chi connectivity index (χ1v) is 7.57. The smallest absolute Gasteiger partial charge is 0.328 e. The predicted octanol–water partition coefficient (Wildman–Crippen LogP) is 2.80. The summed E-state index contributed by atoms with van der Waals surface area (Å²) in [6, 6.07) is 4.96. The van der Waals surface area contributed by atoms with E-state index in [4.69, 9.17) is 9.79 Å². The van der Waals surface area contributed by atoms with Crippen molar-refractivity contribution in [2.24, 2.45) is 0 Å². The minimum Gasteiger partial charge on any atom is -0.508 e. The molecule has 0 radical (unpaired) electrons. The van der Waals surface area contributed by atoms with Crippen molar-refractivity contribution < 1.29 is 19.5 Å². The molecule has 0 spiro atoms. The van der Waals surface area contributed by atoms with Crippen LogP contribution in [-0.2, 0) is 16.4 Å². The van der Waals surface area contributed by atoms with Crippen LogP contribution in [0.1, 0.15) is 38.8 Å². The molecule has 0 amide bonds. The van der Waals surface area contributed by atoms with Crippen molar-refractivity contribution in [3.05, 3.63) is 29.3 Å². The third kappa shape index (κ3) is 3.84. The quantitative estimate of drug-likeness (QED) is 0.739. The van der Waals surface area contributed by atoms with Crippen molar-refractivity contribution in [3.8, 4) is 5.75 Å². The molecule has 0 bridgehead atoms. The summed E-state index contributed by atoms with van der Waals surface area (Å²) < 4.78 is 11.2. The van der Waals surface area contributed by atoms with Crippen molar-refractivity contribution in [1.29, 1.82) is 0 Å². The van der Waals surface area contributed by atoms with E-state index in [2.05, 4.69) is 0 Å². The van der Waals surface area contributed by atoms with Crippen molar-refractivity contribution in [1.82, 2.24) is 0 Å². The van der Waals surface area contributed by atoms with Crippen LogP contribution in [0.25, 0.3) is 0 Å². The second-order valence-corrected chi connectivity index (χ2v) is 7.79. The molecule has 0 aliphatic rings. The fraction of sp³-hybridized carbons (Fsp3) is 0.538.